The number of fused-ring (bicyclic) bond motifs is 2. The highest BCUT2D eigenvalue weighted by Crippen LogP contribution is 2.23. The minimum Gasteiger partial charge on any atom is -0.494 e. The van der Waals surface area contributed by atoms with Crippen LogP contribution in [0.25, 0.3) is 21.3 Å². The van der Waals surface area contributed by atoms with E-state index in [0.29, 0.717) is 42.3 Å². The van der Waals surface area contributed by atoms with Crippen molar-refractivity contribution in [1.82, 2.24) is 9.13 Å². The van der Waals surface area contributed by atoms with Gasteiger partial charge in [0.05, 0.1) is 28.9 Å². The van der Waals surface area contributed by atoms with Gasteiger partial charge in [-0.15, -0.1) is 0 Å². The molecule has 9 heteroatoms. The lowest BCUT2D eigenvalue weighted by Crippen LogP contribution is -2.23. The van der Waals surface area contributed by atoms with E-state index in [-0.39, 0.29) is 6.54 Å². The maximum Gasteiger partial charge on any atom is 0.420 e. The van der Waals surface area contributed by atoms with Crippen LogP contribution < -0.4 is 15.3 Å². The molecule has 0 aliphatic carbocycles. The topological polar surface area (TPSA) is 88.0 Å². The van der Waals surface area contributed by atoms with Crippen molar-refractivity contribution in [3.8, 4) is 5.75 Å². The first kappa shape index (κ1) is 21.1. The highest BCUT2D eigenvalue weighted by atomic mass is 32.1. The van der Waals surface area contributed by atoms with Gasteiger partial charge in [-0.1, -0.05) is 23.5 Å². The number of para-hydroxylation sites is 2. The Labute approximate surface area is 182 Å². The van der Waals surface area contributed by atoms with Gasteiger partial charge in [-0.2, -0.15) is 4.99 Å². The van der Waals surface area contributed by atoms with E-state index < -0.39 is 11.7 Å². The molecule has 8 nitrogen and oxygen atoms in total. The number of carbonyl (C=O) groups excluding carboxylic acids is 1. The van der Waals surface area contributed by atoms with Crippen LogP contribution in [0.4, 0.5) is 0 Å². The fourth-order valence-electron chi connectivity index (χ4n) is 3.35. The van der Waals surface area contributed by atoms with Crippen LogP contribution >= 0.6 is 11.3 Å². The molecule has 4 rings (SSSR count). The lowest BCUT2D eigenvalue weighted by molar-refractivity contribution is -0.118. The van der Waals surface area contributed by atoms with Crippen LogP contribution in [0.2, 0.25) is 0 Å². The van der Waals surface area contributed by atoms with Crippen molar-refractivity contribution in [2.45, 2.75) is 26.9 Å². The van der Waals surface area contributed by atoms with Gasteiger partial charge in [-0.3, -0.25) is 9.36 Å². The maximum atomic E-state index is 12.8. The second-order valence-electron chi connectivity index (χ2n) is 6.72. The Morgan fingerprint density at radius 1 is 1.10 bits per heavy atom. The van der Waals surface area contributed by atoms with E-state index in [1.807, 2.05) is 36.6 Å². The second kappa shape index (κ2) is 9.32. The lowest BCUT2D eigenvalue weighted by Gasteiger charge is -2.06. The molecule has 2 aromatic heterocycles. The van der Waals surface area contributed by atoms with Crippen LogP contribution in [0.3, 0.4) is 0 Å². The maximum absolute atomic E-state index is 12.8. The number of carbonyl (C=O) groups is 1. The zero-order chi connectivity index (χ0) is 21.8. The van der Waals surface area contributed by atoms with Crippen molar-refractivity contribution in [2.24, 2.45) is 4.99 Å². The molecule has 0 aliphatic rings. The third-order valence-electron chi connectivity index (χ3n) is 4.72. The Kier molecular flexibility index (Phi) is 6.34. The van der Waals surface area contributed by atoms with Crippen LogP contribution in [0.5, 0.6) is 5.75 Å². The number of benzene rings is 2. The van der Waals surface area contributed by atoms with Crippen LogP contribution in [0.1, 0.15) is 13.8 Å². The fraction of sp³-hybridized carbons (Fsp3) is 0.318. The van der Waals surface area contributed by atoms with Crippen molar-refractivity contribution in [2.75, 3.05) is 19.8 Å². The zero-order valence-electron chi connectivity index (χ0n) is 17.4. The van der Waals surface area contributed by atoms with Crippen molar-refractivity contribution < 1.29 is 18.7 Å². The number of aromatic nitrogens is 2. The molecule has 0 aliphatic heterocycles. The Bertz CT molecular complexity index is 1340. The van der Waals surface area contributed by atoms with E-state index in [4.69, 9.17) is 13.9 Å². The highest BCUT2D eigenvalue weighted by Gasteiger charge is 2.13. The molecule has 0 fully saturated rings. The summed E-state index contributed by atoms with van der Waals surface area (Å²) in [5.74, 6) is -0.246. The number of hydrogen-bond donors (Lipinski definition) is 0. The number of rotatable bonds is 8. The monoisotopic (exact) mass is 441 g/mol. The summed E-state index contributed by atoms with van der Waals surface area (Å²) < 4.78 is 20.5. The molecule has 162 valence electrons. The van der Waals surface area contributed by atoms with Gasteiger partial charge >= 0.3 is 5.76 Å². The van der Waals surface area contributed by atoms with Gasteiger partial charge in [0.25, 0.3) is 5.91 Å². The van der Waals surface area contributed by atoms with Crippen molar-refractivity contribution in [1.29, 1.82) is 0 Å². The molecule has 0 bridgehead atoms. The molecule has 0 saturated carbocycles. The average Bonchev–Trinajstić information content (AvgIpc) is 3.25. The number of oxazole rings is 1. The first-order valence-electron chi connectivity index (χ1n) is 10.1. The number of nitrogens with zero attached hydrogens (tertiary/aromatic N) is 3. The molecule has 0 spiro atoms. The summed E-state index contributed by atoms with van der Waals surface area (Å²) in [6.45, 7) is 5.92. The predicted molar refractivity (Wildman–Crippen MR) is 119 cm³/mol. The molecule has 31 heavy (non-hydrogen) atoms. The first-order chi connectivity index (χ1) is 15.1. The molecule has 2 heterocycles. The van der Waals surface area contributed by atoms with E-state index in [9.17, 15) is 9.59 Å². The molecule has 0 unspecified atom stereocenters. The van der Waals surface area contributed by atoms with E-state index in [1.54, 1.807) is 24.3 Å². The normalized spacial score (nSPS) is 12.1. The van der Waals surface area contributed by atoms with Gasteiger partial charge in [0.1, 0.15) is 12.3 Å². The molecular weight excluding hydrogens is 418 g/mol. The van der Waals surface area contributed by atoms with Gasteiger partial charge in [0.15, 0.2) is 10.4 Å². The third kappa shape index (κ3) is 4.47. The summed E-state index contributed by atoms with van der Waals surface area (Å²) >= 11 is 1.40. The van der Waals surface area contributed by atoms with Crippen LogP contribution in [-0.4, -0.2) is 34.9 Å². The van der Waals surface area contributed by atoms with Gasteiger partial charge in [0, 0.05) is 13.2 Å². The number of ether oxygens (including phenoxy) is 2. The first-order valence-corrected chi connectivity index (χ1v) is 10.9. The Hall–Kier alpha value is -3.17. The molecule has 1 amide bonds. The number of hydrogen-bond acceptors (Lipinski definition) is 6. The molecule has 0 atom stereocenters. The van der Waals surface area contributed by atoms with Crippen LogP contribution in [-0.2, 0) is 22.6 Å². The predicted octanol–water partition coefficient (Wildman–Crippen LogP) is 3.17. The van der Waals surface area contributed by atoms with Gasteiger partial charge in [0.2, 0.25) is 0 Å². The summed E-state index contributed by atoms with van der Waals surface area (Å²) in [6, 6.07) is 12.8. The van der Waals surface area contributed by atoms with Crippen LogP contribution in [0, 0.1) is 0 Å². The van der Waals surface area contributed by atoms with Crippen molar-refractivity contribution in [3.05, 3.63) is 57.8 Å². The summed E-state index contributed by atoms with van der Waals surface area (Å²) in [5, 5.41) is 0. The van der Waals surface area contributed by atoms with E-state index >= 15 is 0 Å². The summed E-state index contributed by atoms with van der Waals surface area (Å²) in [6.07, 6.45) is 0. The minimum absolute atomic E-state index is 0.195. The molecule has 2 aromatic carbocycles. The molecule has 0 radical (unpaired) electrons. The fourth-order valence-corrected chi connectivity index (χ4v) is 4.45. The van der Waals surface area contributed by atoms with Crippen molar-refractivity contribution in [3.63, 3.8) is 0 Å². The summed E-state index contributed by atoms with van der Waals surface area (Å²) in [7, 11) is 0. The Morgan fingerprint density at radius 2 is 1.94 bits per heavy atom. The Morgan fingerprint density at radius 3 is 2.74 bits per heavy atom. The smallest absolute Gasteiger partial charge is 0.420 e. The largest absolute Gasteiger partial charge is 0.494 e. The summed E-state index contributed by atoms with van der Waals surface area (Å²) in [4.78, 5) is 29.8. The lowest BCUT2D eigenvalue weighted by atomic mass is 10.3. The Balaban J connectivity index is 1.71. The average molecular weight is 442 g/mol. The molecule has 0 N–H and O–H groups in total. The summed E-state index contributed by atoms with van der Waals surface area (Å²) in [5.41, 5.74) is 1.96. The quantitative estimate of drug-likeness (QED) is 0.392. The van der Waals surface area contributed by atoms with E-state index in [1.165, 1.54) is 15.9 Å². The SMILES string of the molecule is CCOCCn1c(=NC(=O)Cn2c(=O)oc3ccccc32)sc2cc(OCC)ccc21. The standard InChI is InChI=1S/C22H23N3O5S/c1-3-28-12-11-24-17-10-9-15(29-4-2)13-19(17)31-21(24)23-20(26)14-25-16-7-5-6-8-18(16)30-22(25)27/h5-10,13H,3-4,11-12,14H2,1-2H3. The van der Waals surface area contributed by atoms with Gasteiger partial charge in [-0.05, 0) is 44.2 Å². The molecule has 0 saturated heterocycles. The van der Waals surface area contributed by atoms with Gasteiger partial charge < -0.3 is 18.5 Å². The number of amides is 1. The molecule has 4 aromatic rings. The second-order valence-corrected chi connectivity index (χ2v) is 7.73. The zero-order valence-corrected chi connectivity index (χ0v) is 18.2. The van der Waals surface area contributed by atoms with Crippen molar-refractivity contribution >= 4 is 38.6 Å². The van der Waals surface area contributed by atoms with Gasteiger partial charge in [-0.25, -0.2) is 4.79 Å². The minimum atomic E-state index is -0.577. The van der Waals surface area contributed by atoms with Crippen LogP contribution in [0.15, 0.2) is 56.7 Å². The highest BCUT2D eigenvalue weighted by molar-refractivity contribution is 7.16. The molecular formula is C22H23N3O5S. The third-order valence-corrected chi connectivity index (χ3v) is 5.76. The van der Waals surface area contributed by atoms with E-state index in [2.05, 4.69) is 4.99 Å². The number of thiazole rings is 1. The van der Waals surface area contributed by atoms with E-state index in [0.717, 1.165) is 16.0 Å².